The number of carboxylic acids is 1. The molecule has 1 aromatic rings. The molecule has 96 valence electrons. The van der Waals surface area contributed by atoms with Gasteiger partial charge in [-0.15, -0.1) is 0 Å². The molecule has 7 nitrogen and oxygen atoms in total. The van der Waals surface area contributed by atoms with Crippen LogP contribution in [0, 0.1) is 10.1 Å². The standard InChI is InChI=1S/C11H12N2O5/c1-6(14)8-3-2-7(4-9(12)11(15)16)5-10(8)13(17)18/h2-3,5,9H,4,12H2,1H3,(H,15,16). The van der Waals surface area contributed by atoms with Crippen molar-refractivity contribution >= 4 is 17.4 Å². The van der Waals surface area contributed by atoms with E-state index in [0.717, 1.165) is 0 Å². The van der Waals surface area contributed by atoms with Crippen molar-refractivity contribution in [2.45, 2.75) is 19.4 Å². The van der Waals surface area contributed by atoms with Crippen molar-refractivity contribution in [2.24, 2.45) is 5.73 Å². The van der Waals surface area contributed by atoms with Gasteiger partial charge in [0.25, 0.3) is 5.69 Å². The highest BCUT2D eigenvalue weighted by molar-refractivity contribution is 5.98. The number of Topliss-reactive ketones (excluding diaryl/α,β-unsaturated/α-hetero) is 1. The SMILES string of the molecule is CC(=O)c1ccc(CC(N)C(=O)O)cc1[N+](=O)[O-]. The largest absolute Gasteiger partial charge is 0.480 e. The van der Waals surface area contributed by atoms with E-state index in [9.17, 15) is 19.7 Å². The molecule has 1 unspecified atom stereocenters. The minimum absolute atomic E-state index is 0.00681. The molecule has 1 rings (SSSR count). The molecule has 0 aliphatic rings. The highest BCUT2D eigenvalue weighted by Crippen LogP contribution is 2.21. The molecule has 0 aliphatic heterocycles. The van der Waals surface area contributed by atoms with Gasteiger partial charge in [0.15, 0.2) is 5.78 Å². The number of nitrogens with zero attached hydrogens (tertiary/aromatic N) is 1. The highest BCUT2D eigenvalue weighted by atomic mass is 16.6. The number of nitro groups is 1. The fourth-order valence-corrected chi connectivity index (χ4v) is 1.49. The van der Waals surface area contributed by atoms with E-state index < -0.39 is 22.7 Å². The second-order valence-electron chi connectivity index (χ2n) is 3.81. The zero-order chi connectivity index (χ0) is 13.9. The van der Waals surface area contributed by atoms with Gasteiger partial charge in [-0.05, 0) is 25.0 Å². The molecule has 1 aromatic carbocycles. The molecular weight excluding hydrogens is 240 g/mol. The lowest BCUT2D eigenvalue weighted by Crippen LogP contribution is -2.32. The van der Waals surface area contributed by atoms with Crippen LogP contribution in [-0.4, -0.2) is 27.8 Å². The van der Waals surface area contributed by atoms with E-state index in [-0.39, 0.29) is 17.7 Å². The van der Waals surface area contributed by atoms with Crippen LogP contribution in [0.1, 0.15) is 22.8 Å². The normalized spacial score (nSPS) is 11.9. The zero-order valence-corrected chi connectivity index (χ0v) is 9.62. The average molecular weight is 252 g/mol. The monoisotopic (exact) mass is 252 g/mol. The van der Waals surface area contributed by atoms with Crippen LogP contribution >= 0.6 is 0 Å². The van der Waals surface area contributed by atoms with E-state index in [4.69, 9.17) is 10.8 Å². The maximum Gasteiger partial charge on any atom is 0.320 e. The summed E-state index contributed by atoms with van der Waals surface area (Å²) in [5, 5.41) is 19.5. The number of carboxylic acid groups (broad SMARTS) is 1. The van der Waals surface area contributed by atoms with Gasteiger partial charge < -0.3 is 10.8 Å². The number of hydrogen-bond donors (Lipinski definition) is 2. The molecule has 0 saturated heterocycles. The van der Waals surface area contributed by atoms with Crippen LogP contribution in [0.4, 0.5) is 5.69 Å². The molecule has 0 amide bonds. The summed E-state index contributed by atoms with van der Waals surface area (Å²) in [6.45, 7) is 1.23. The second-order valence-corrected chi connectivity index (χ2v) is 3.81. The molecule has 7 heteroatoms. The first-order valence-electron chi connectivity index (χ1n) is 5.09. The van der Waals surface area contributed by atoms with E-state index in [1.165, 1.54) is 25.1 Å². The third-order valence-electron chi connectivity index (χ3n) is 2.41. The molecule has 3 N–H and O–H groups in total. The number of carbonyl (C=O) groups is 2. The van der Waals surface area contributed by atoms with Crippen molar-refractivity contribution in [3.8, 4) is 0 Å². The number of nitrogens with two attached hydrogens (primary N) is 1. The summed E-state index contributed by atoms with van der Waals surface area (Å²) in [5.74, 6) is -1.61. The molecule has 0 fully saturated rings. The van der Waals surface area contributed by atoms with Crippen molar-refractivity contribution in [3.63, 3.8) is 0 Å². The lowest BCUT2D eigenvalue weighted by atomic mass is 10.0. The predicted molar refractivity (Wildman–Crippen MR) is 62.4 cm³/mol. The predicted octanol–water partition coefficient (Wildman–Crippen LogP) is 0.752. The Hall–Kier alpha value is -2.28. The van der Waals surface area contributed by atoms with Crippen molar-refractivity contribution in [1.82, 2.24) is 0 Å². The quantitative estimate of drug-likeness (QED) is 0.452. The van der Waals surface area contributed by atoms with Gasteiger partial charge in [0.05, 0.1) is 10.5 Å². The Morgan fingerprint density at radius 2 is 2.11 bits per heavy atom. The third kappa shape index (κ3) is 3.11. The topological polar surface area (TPSA) is 124 Å². The molecule has 0 aliphatic carbocycles. The Kier molecular flexibility index (Phi) is 4.11. The van der Waals surface area contributed by atoms with Crippen molar-refractivity contribution in [3.05, 3.63) is 39.4 Å². The average Bonchev–Trinajstić information content (AvgIpc) is 2.28. The summed E-state index contributed by atoms with van der Waals surface area (Å²) in [5.41, 5.74) is 5.40. The first kappa shape index (κ1) is 13.8. The maximum atomic E-state index is 11.2. The van der Waals surface area contributed by atoms with E-state index >= 15 is 0 Å². The maximum absolute atomic E-state index is 11.2. The van der Waals surface area contributed by atoms with E-state index in [2.05, 4.69) is 0 Å². The minimum atomic E-state index is -1.19. The van der Waals surface area contributed by atoms with Gasteiger partial charge in [0, 0.05) is 6.07 Å². The van der Waals surface area contributed by atoms with E-state index in [1.54, 1.807) is 0 Å². The molecule has 0 radical (unpaired) electrons. The first-order chi connectivity index (χ1) is 8.32. The van der Waals surface area contributed by atoms with Gasteiger partial charge >= 0.3 is 5.97 Å². The van der Waals surface area contributed by atoms with Gasteiger partial charge in [0.1, 0.15) is 6.04 Å². The number of rotatable bonds is 5. The molecule has 1 atom stereocenters. The van der Waals surface area contributed by atoms with E-state index in [1.807, 2.05) is 0 Å². The summed E-state index contributed by atoms with van der Waals surface area (Å²) in [7, 11) is 0. The van der Waals surface area contributed by atoms with E-state index in [0.29, 0.717) is 5.56 Å². The summed E-state index contributed by atoms with van der Waals surface area (Å²) in [4.78, 5) is 31.9. The van der Waals surface area contributed by atoms with Crippen molar-refractivity contribution < 1.29 is 19.6 Å². The van der Waals surface area contributed by atoms with Crippen LogP contribution in [0.2, 0.25) is 0 Å². The van der Waals surface area contributed by atoms with Crippen LogP contribution in [0.5, 0.6) is 0 Å². The van der Waals surface area contributed by atoms with Crippen LogP contribution < -0.4 is 5.73 Å². The van der Waals surface area contributed by atoms with Gasteiger partial charge in [-0.3, -0.25) is 19.7 Å². The molecule has 18 heavy (non-hydrogen) atoms. The minimum Gasteiger partial charge on any atom is -0.480 e. The second kappa shape index (κ2) is 5.37. The fourth-order valence-electron chi connectivity index (χ4n) is 1.49. The lowest BCUT2D eigenvalue weighted by molar-refractivity contribution is -0.385. The molecule has 0 heterocycles. The number of ketones is 1. The molecule has 0 saturated carbocycles. The van der Waals surface area contributed by atoms with Gasteiger partial charge in [-0.25, -0.2) is 0 Å². The smallest absolute Gasteiger partial charge is 0.320 e. The number of benzene rings is 1. The van der Waals surface area contributed by atoms with Crippen LogP contribution in [0.15, 0.2) is 18.2 Å². The first-order valence-corrected chi connectivity index (χ1v) is 5.09. The summed E-state index contributed by atoms with van der Waals surface area (Å²) >= 11 is 0. The van der Waals surface area contributed by atoms with Crippen molar-refractivity contribution in [2.75, 3.05) is 0 Å². The van der Waals surface area contributed by atoms with Crippen molar-refractivity contribution in [1.29, 1.82) is 0 Å². The third-order valence-corrected chi connectivity index (χ3v) is 2.41. The van der Waals surface area contributed by atoms with Crippen LogP contribution in [0.3, 0.4) is 0 Å². The number of hydrogen-bond acceptors (Lipinski definition) is 5. The number of nitro benzene ring substituents is 1. The van der Waals surface area contributed by atoms with Crippen LogP contribution in [0.25, 0.3) is 0 Å². The molecule has 0 bridgehead atoms. The molecule has 0 aromatic heterocycles. The summed E-state index contributed by atoms with van der Waals surface area (Å²) < 4.78 is 0. The Balaban J connectivity index is 3.11. The summed E-state index contributed by atoms with van der Waals surface area (Å²) in [6, 6.07) is 2.82. The van der Waals surface area contributed by atoms with Gasteiger partial charge in [-0.1, -0.05) is 6.07 Å². The Bertz CT molecular complexity index is 512. The zero-order valence-electron chi connectivity index (χ0n) is 9.62. The van der Waals surface area contributed by atoms with Gasteiger partial charge in [-0.2, -0.15) is 0 Å². The Morgan fingerprint density at radius 1 is 1.50 bits per heavy atom. The molecule has 0 spiro atoms. The summed E-state index contributed by atoms with van der Waals surface area (Å²) in [6.07, 6.45) is -0.0334. The Labute approximate surface area is 102 Å². The van der Waals surface area contributed by atoms with Crippen LogP contribution in [-0.2, 0) is 11.2 Å². The number of aliphatic carboxylic acids is 1. The Morgan fingerprint density at radius 3 is 2.56 bits per heavy atom. The lowest BCUT2D eigenvalue weighted by Gasteiger charge is -2.07. The van der Waals surface area contributed by atoms with Gasteiger partial charge in [0.2, 0.25) is 0 Å². The highest BCUT2D eigenvalue weighted by Gasteiger charge is 2.19. The molecular formula is C11H12N2O5. The number of carbonyl (C=O) groups excluding carboxylic acids is 1. The fraction of sp³-hybridized carbons (Fsp3) is 0.273.